The molecule has 0 unspecified atom stereocenters. The normalized spacial score (nSPS) is 14.2. The molecule has 1 saturated carbocycles. The topological polar surface area (TPSA) is 104 Å². The molecular weight excluding hydrogens is 434 g/mol. The summed E-state index contributed by atoms with van der Waals surface area (Å²) in [6, 6.07) is 5.13. The standard InChI is InChI=1S/C23H29N7O2Si/c1-31-23-19(20(15-5-6-15)25-13-26-23)22-24-12-16-11-18(27-21(16)28-22)17-7-8-30(29-17)14-32-9-10-33(2,3)4/h7-8,11-13,15H,5-6,9-10,14H2,1-4H3,(H,24,27,28). The third-order valence-corrected chi connectivity index (χ3v) is 7.43. The highest BCUT2D eigenvalue weighted by molar-refractivity contribution is 6.76. The molecule has 0 atom stereocenters. The van der Waals surface area contributed by atoms with Crippen molar-refractivity contribution in [2.45, 2.75) is 51.2 Å². The van der Waals surface area contributed by atoms with Crippen LogP contribution in [0.1, 0.15) is 24.5 Å². The van der Waals surface area contributed by atoms with Crippen molar-refractivity contribution in [1.82, 2.24) is 34.7 Å². The van der Waals surface area contributed by atoms with Crippen molar-refractivity contribution >= 4 is 19.1 Å². The summed E-state index contributed by atoms with van der Waals surface area (Å²) in [4.78, 5) is 21.5. The fourth-order valence-corrected chi connectivity index (χ4v) is 4.46. The van der Waals surface area contributed by atoms with Gasteiger partial charge in [-0.2, -0.15) is 5.10 Å². The maximum atomic E-state index is 5.80. The summed E-state index contributed by atoms with van der Waals surface area (Å²) in [6.07, 6.45) is 7.53. The van der Waals surface area contributed by atoms with E-state index >= 15 is 0 Å². The fourth-order valence-electron chi connectivity index (χ4n) is 3.70. The smallest absolute Gasteiger partial charge is 0.227 e. The summed E-state index contributed by atoms with van der Waals surface area (Å²) in [5, 5.41) is 5.56. The molecule has 4 aromatic rings. The van der Waals surface area contributed by atoms with Crippen LogP contribution in [0.2, 0.25) is 25.7 Å². The average Bonchev–Trinajstić information content (AvgIpc) is 3.38. The molecule has 172 valence electrons. The van der Waals surface area contributed by atoms with E-state index in [1.165, 1.54) is 0 Å². The van der Waals surface area contributed by atoms with Crippen LogP contribution in [0, 0.1) is 0 Å². The van der Waals surface area contributed by atoms with Gasteiger partial charge in [-0.15, -0.1) is 0 Å². The molecule has 5 rings (SSSR count). The van der Waals surface area contributed by atoms with Gasteiger partial charge in [0.1, 0.15) is 30.0 Å². The highest BCUT2D eigenvalue weighted by Gasteiger charge is 2.31. The second kappa shape index (κ2) is 8.68. The molecule has 0 aromatic carbocycles. The number of aromatic amines is 1. The zero-order chi connectivity index (χ0) is 23.0. The van der Waals surface area contributed by atoms with E-state index in [2.05, 4.69) is 44.7 Å². The molecule has 33 heavy (non-hydrogen) atoms. The van der Waals surface area contributed by atoms with Gasteiger partial charge in [0.25, 0.3) is 0 Å². The number of methoxy groups -OCH3 is 1. The molecule has 0 bridgehead atoms. The molecular formula is C23H29N7O2Si. The van der Waals surface area contributed by atoms with E-state index in [1.54, 1.807) is 13.4 Å². The Balaban J connectivity index is 1.38. The number of nitrogens with zero attached hydrogens (tertiary/aromatic N) is 6. The minimum Gasteiger partial charge on any atom is -0.480 e. The molecule has 1 aliphatic rings. The zero-order valence-corrected chi connectivity index (χ0v) is 20.5. The highest BCUT2D eigenvalue weighted by atomic mass is 28.3. The van der Waals surface area contributed by atoms with Crippen LogP contribution in [0.25, 0.3) is 33.8 Å². The van der Waals surface area contributed by atoms with Gasteiger partial charge in [-0.05, 0) is 31.0 Å². The molecule has 0 radical (unpaired) electrons. The molecule has 0 spiro atoms. The van der Waals surface area contributed by atoms with E-state index in [0.717, 1.165) is 59.2 Å². The number of rotatable bonds is 9. The minimum absolute atomic E-state index is 0.423. The van der Waals surface area contributed by atoms with Gasteiger partial charge in [0.2, 0.25) is 5.88 Å². The molecule has 9 nitrogen and oxygen atoms in total. The van der Waals surface area contributed by atoms with E-state index in [0.29, 0.717) is 24.4 Å². The first-order valence-electron chi connectivity index (χ1n) is 11.3. The fraction of sp³-hybridized carbons (Fsp3) is 0.435. The van der Waals surface area contributed by atoms with Crippen molar-refractivity contribution in [3.8, 4) is 28.7 Å². The summed E-state index contributed by atoms with van der Waals surface area (Å²) in [5.41, 5.74) is 4.20. The third-order valence-electron chi connectivity index (χ3n) is 5.73. The average molecular weight is 464 g/mol. The first-order chi connectivity index (χ1) is 15.9. The van der Waals surface area contributed by atoms with Crippen LogP contribution in [0.15, 0.2) is 30.9 Å². The lowest BCUT2D eigenvalue weighted by Gasteiger charge is -2.15. The van der Waals surface area contributed by atoms with Gasteiger partial charge >= 0.3 is 0 Å². The van der Waals surface area contributed by atoms with Crippen molar-refractivity contribution in [1.29, 1.82) is 0 Å². The van der Waals surface area contributed by atoms with E-state index in [1.807, 2.05) is 29.2 Å². The number of fused-ring (bicyclic) bond motifs is 1. The van der Waals surface area contributed by atoms with Crippen LogP contribution < -0.4 is 4.74 Å². The number of hydrogen-bond acceptors (Lipinski definition) is 7. The largest absolute Gasteiger partial charge is 0.480 e. The van der Waals surface area contributed by atoms with E-state index in [9.17, 15) is 0 Å². The Bertz CT molecular complexity index is 1270. The van der Waals surface area contributed by atoms with Crippen molar-refractivity contribution in [3.05, 3.63) is 36.5 Å². The molecule has 10 heteroatoms. The summed E-state index contributed by atoms with van der Waals surface area (Å²) < 4.78 is 13.1. The second-order valence-electron chi connectivity index (χ2n) is 9.69. The lowest BCUT2D eigenvalue weighted by atomic mass is 10.1. The van der Waals surface area contributed by atoms with Crippen LogP contribution in [0.4, 0.5) is 0 Å². The quantitative estimate of drug-likeness (QED) is 0.288. The lowest BCUT2D eigenvalue weighted by Crippen LogP contribution is -2.22. The van der Waals surface area contributed by atoms with Crippen LogP contribution in [0.3, 0.4) is 0 Å². The maximum Gasteiger partial charge on any atom is 0.227 e. The minimum atomic E-state index is -1.09. The molecule has 1 aliphatic carbocycles. The molecule has 4 aromatic heterocycles. The van der Waals surface area contributed by atoms with Gasteiger partial charge in [0.15, 0.2) is 5.82 Å². The number of hydrogen-bond donors (Lipinski definition) is 1. The van der Waals surface area contributed by atoms with Crippen LogP contribution in [-0.2, 0) is 11.5 Å². The van der Waals surface area contributed by atoms with Gasteiger partial charge in [0, 0.05) is 38.4 Å². The molecule has 0 saturated heterocycles. The zero-order valence-electron chi connectivity index (χ0n) is 19.5. The Morgan fingerprint density at radius 3 is 2.79 bits per heavy atom. The molecule has 4 heterocycles. The first-order valence-corrected chi connectivity index (χ1v) is 15.0. The number of H-pyrrole nitrogens is 1. The maximum absolute atomic E-state index is 5.80. The Morgan fingerprint density at radius 1 is 1.18 bits per heavy atom. The Hall–Kier alpha value is -3.11. The van der Waals surface area contributed by atoms with Gasteiger partial charge < -0.3 is 14.5 Å². The Kier molecular flexibility index (Phi) is 5.71. The SMILES string of the molecule is COc1ncnc(C2CC2)c1-c1ncc2cc(-c3ccn(COCC[Si](C)(C)C)n3)[nH]c2n1. The van der Waals surface area contributed by atoms with Crippen LogP contribution in [-0.4, -0.2) is 56.5 Å². The molecule has 1 fully saturated rings. The van der Waals surface area contributed by atoms with Gasteiger partial charge in [-0.1, -0.05) is 19.6 Å². The van der Waals surface area contributed by atoms with Crippen molar-refractivity contribution < 1.29 is 9.47 Å². The lowest BCUT2D eigenvalue weighted by molar-refractivity contribution is 0.0787. The number of nitrogens with one attached hydrogen (secondary N) is 1. The summed E-state index contributed by atoms with van der Waals surface area (Å²) in [5.74, 6) is 1.50. The Labute approximate surface area is 193 Å². The second-order valence-corrected chi connectivity index (χ2v) is 15.3. The van der Waals surface area contributed by atoms with E-state index < -0.39 is 8.07 Å². The van der Waals surface area contributed by atoms with Crippen LogP contribution >= 0.6 is 0 Å². The highest BCUT2D eigenvalue weighted by Crippen LogP contribution is 2.44. The van der Waals surface area contributed by atoms with Crippen molar-refractivity contribution in [2.24, 2.45) is 0 Å². The van der Waals surface area contributed by atoms with E-state index in [-0.39, 0.29) is 0 Å². The number of aromatic nitrogens is 7. The summed E-state index contributed by atoms with van der Waals surface area (Å²) in [7, 11) is 0.518. The van der Waals surface area contributed by atoms with E-state index in [4.69, 9.17) is 14.5 Å². The monoisotopic (exact) mass is 463 g/mol. The first kappa shape index (κ1) is 21.7. The number of ether oxygens (including phenoxy) is 2. The third kappa shape index (κ3) is 4.81. The van der Waals surface area contributed by atoms with Gasteiger partial charge in [-0.25, -0.2) is 24.6 Å². The predicted octanol–water partition coefficient (Wildman–Crippen LogP) is 4.48. The van der Waals surface area contributed by atoms with Crippen molar-refractivity contribution in [2.75, 3.05) is 13.7 Å². The molecule has 1 N–H and O–H groups in total. The van der Waals surface area contributed by atoms with Gasteiger partial charge in [-0.3, -0.25) is 0 Å². The predicted molar refractivity (Wildman–Crippen MR) is 129 cm³/mol. The van der Waals surface area contributed by atoms with Gasteiger partial charge in [0.05, 0.1) is 18.5 Å². The Morgan fingerprint density at radius 2 is 2.03 bits per heavy atom. The summed E-state index contributed by atoms with van der Waals surface area (Å²) >= 11 is 0. The molecule has 0 amide bonds. The van der Waals surface area contributed by atoms with Crippen molar-refractivity contribution in [3.63, 3.8) is 0 Å². The summed E-state index contributed by atoms with van der Waals surface area (Å²) in [6.45, 7) is 8.26. The van der Waals surface area contributed by atoms with Crippen LogP contribution in [0.5, 0.6) is 5.88 Å². The molecule has 0 aliphatic heterocycles.